The number of ether oxygens (including phenoxy) is 3. The minimum absolute atomic E-state index is 0.106. The fourth-order valence-electron chi connectivity index (χ4n) is 8.24. The predicted molar refractivity (Wildman–Crippen MR) is 361 cm³/mol. The van der Waals surface area contributed by atoms with Crippen LogP contribution in [0.5, 0.6) is 0 Å². The second-order valence-corrected chi connectivity index (χ2v) is 20.9. The van der Waals surface area contributed by atoms with Crippen molar-refractivity contribution in [3.63, 3.8) is 0 Å². The molecule has 0 heterocycles. The number of carbonyl (C=O) groups is 3. The second-order valence-electron chi connectivity index (χ2n) is 20.9. The maximum Gasteiger partial charge on any atom is 0.306 e. The SMILES string of the molecule is CC/C=C\C/C=C\C/C=C\C/C=C\C/C=C\C/C=C\C/C=C\C/C=C\CCCCCCC(=O)OCC(COC(=O)CCCCCCCCC)OC(=O)CCCCCC/C=C\C/C=C\C/C=C\C/C=C\C/C=C\C/C=C\C/C=C\C/C=C\CC. The predicted octanol–water partition coefficient (Wildman–Crippen LogP) is 23.0. The van der Waals surface area contributed by atoms with Crippen LogP contribution in [-0.4, -0.2) is 37.2 Å². The molecule has 6 nitrogen and oxygen atoms in total. The van der Waals surface area contributed by atoms with Crippen molar-refractivity contribution in [2.75, 3.05) is 13.2 Å². The van der Waals surface area contributed by atoms with Crippen LogP contribution in [0.4, 0.5) is 0 Å². The Morgan fingerprint density at radius 1 is 0.253 bits per heavy atom. The number of esters is 3. The molecule has 0 bridgehead atoms. The molecule has 6 heteroatoms. The lowest BCUT2D eigenvalue weighted by Gasteiger charge is -2.18. The van der Waals surface area contributed by atoms with Crippen molar-refractivity contribution < 1.29 is 28.6 Å². The fraction of sp³-hybridized carbons (Fsp3) is 0.545. The summed E-state index contributed by atoms with van der Waals surface area (Å²) in [5.41, 5.74) is 0. The molecule has 0 aliphatic rings. The molecule has 1 unspecified atom stereocenters. The third kappa shape index (κ3) is 66.9. The van der Waals surface area contributed by atoms with E-state index in [2.05, 4.69) is 215 Å². The van der Waals surface area contributed by atoms with Gasteiger partial charge in [-0.1, -0.05) is 279 Å². The van der Waals surface area contributed by atoms with E-state index < -0.39 is 6.10 Å². The molecule has 0 aliphatic heterocycles. The fourth-order valence-corrected chi connectivity index (χ4v) is 8.24. The molecule has 0 fully saturated rings. The molecule has 0 N–H and O–H groups in total. The number of allylic oxidation sites excluding steroid dienone is 32. The largest absolute Gasteiger partial charge is 0.462 e. The molecule has 0 saturated heterocycles. The van der Waals surface area contributed by atoms with Gasteiger partial charge in [-0.2, -0.15) is 0 Å². The zero-order valence-corrected chi connectivity index (χ0v) is 52.9. The Bertz CT molecular complexity index is 1990. The average molecular weight is 1140 g/mol. The summed E-state index contributed by atoms with van der Waals surface area (Å²) < 4.78 is 16.8. The van der Waals surface area contributed by atoms with E-state index >= 15 is 0 Å². The van der Waals surface area contributed by atoms with Crippen LogP contribution < -0.4 is 0 Å². The van der Waals surface area contributed by atoms with E-state index in [0.29, 0.717) is 12.8 Å². The Labute approximate surface area is 509 Å². The smallest absolute Gasteiger partial charge is 0.306 e. The van der Waals surface area contributed by atoms with Crippen LogP contribution in [0.2, 0.25) is 0 Å². The quantitative estimate of drug-likeness (QED) is 0.0261. The summed E-state index contributed by atoms with van der Waals surface area (Å²) >= 11 is 0. The molecular weight excluding hydrogens is 1020 g/mol. The van der Waals surface area contributed by atoms with Crippen molar-refractivity contribution in [2.45, 2.75) is 258 Å². The molecule has 0 aliphatic carbocycles. The minimum Gasteiger partial charge on any atom is -0.462 e. The van der Waals surface area contributed by atoms with Gasteiger partial charge in [-0.25, -0.2) is 0 Å². The maximum atomic E-state index is 12.9. The standard InChI is InChI=1S/C77H118O6/c1-4-7-10-13-16-18-20-22-24-26-28-30-32-34-36-38-40-42-44-46-48-50-52-54-56-58-61-64-67-70-76(79)82-73-74(72-81-75(78)69-66-63-60-15-12-9-6-3)83-77(80)71-68-65-62-59-57-55-53-51-49-47-45-43-41-39-37-35-33-31-29-27-25-23-21-19-17-14-11-8-5-2/h7-8,10-11,16-19,22-25,28-31,34-37,40-43,46-49,52-55,74H,4-6,9,12-15,20-21,26-27,32-33,38-39,44-45,50-51,56-73H2,1-3H3/b10-7-,11-8-,18-16-,19-17-,24-22-,25-23-,30-28-,31-29-,36-34-,37-35-,42-40-,43-41-,48-46-,49-47-,54-52-,55-53-. The van der Waals surface area contributed by atoms with Crippen LogP contribution in [0.3, 0.4) is 0 Å². The van der Waals surface area contributed by atoms with Crippen molar-refractivity contribution in [3.8, 4) is 0 Å². The van der Waals surface area contributed by atoms with Gasteiger partial charge in [0.15, 0.2) is 6.10 Å². The molecule has 0 spiro atoms. The summed E-state index contributed by atoms with van der Waals surface area (Å²) in [6.45, 7) is 6.31. The Kier molecular flexibility index (Phi) is 64.0. The van der Waals surface area contributed by atoms with Gasteiger partial charge >= 0.3 is 17.9 Å². The first-order valence-electron chi connectivity index (χ1n) is 32.9. The third-order valence-electron chi connectivity index (χ3n) is 13.1. The maximum absolute atomic E-state index is 12.9. The van der Waals surface area contributed by atoms with E-state index in [-0.39, 0.29) is 37.5 Å². The van der Waals surface area contributed by atoms with Crippen LogP contribution >= 0.6 is 0 Å². The average Bonchev–Trinajstić information content (AvgIpc) is 3.49. The van der Waals surface area contributed by atoms with E-state index in [9.17, 15) is 14.4 Å². The summed E-state index contributed by atoms with van der Waals surface area (Å²) in [4.78, 5) is 38.1. The highest BCUT2D eigenvalue weighted by Gasteiger charge is 2.19. The lowest BCUT2D eigenvalue weighted by Crippen LogP contribution is -2.30. The van der Waals surface area contributed by atoms with Crippen LogP contribution in [0.1, 0.15) is 252 Å². The van der Waals surface area contributed by atoms with Crippen LogP contribution in [0.25, 0.3) is 0 Å². The van der Waals surface area contributed by atoms with Gasteiger partial charge in [0.2, 0.25) is 0 Å². The van der Waals surface area contributed by atoms with Crippen molar-refractivity contribution in [1.82, 2.24) is 0 Å². The lowest BCUT2D eigenvalue weighted by molar-refractivity contribution is -0.167. The zero-order valence-electron chi connectivity index (χ0n) is 52.9. The van der Waals surface area contributed by atoms with E-state index in [1.165, 1.54) is 25.7 Å². The van der Waals surface area contributed by atoms with E-state index in [1.54, 1.807) is 0 Å². The van der Waals surface area contributed by atoms with Crippen molar-refractivity contribution in [3.05, 3.63) is 194 Å². The Morgan fingerprint density at radius 3 is 0.735 bits per heavy atom. The molecular formula is C77H118O6. The zero-order chi connectivity index (χ0) is 59.9. The van der Waals surface area contributed by atoms with Gasteiger partial charge in [0.25, 0.3) is 0 Å². The molecule has 83 heavy (non-hydrogen) atoms. The Hall–Kier alpha value is -5.75. The lowest BCUT2D eigenvalue weighted by atomic mass is 10.1. The highest BCUT2D eigenvalue weighted by Crippen LogP contribution is 2.13. The number of hydrogen-bond acceptors (Lipinski definition) is 6. The number of carbonyl (C=O) groups excluding carboxylic acids is 3. The summed E-state index contributed by atoms with van der Waals surface area (Å²) in [5.74, 6) is -0.974. The second kappa shape index (κ2) is 68.7. The highest BCUT2D eigenvalue weighted by molar-refractivity contribution is 5.71. The molecule has 0 amide bonds. The van der Waals surface area contributed by atoms with E-state index in [4.69, 9.17) is 14.2 Å². The Balaban J connectivity index is 4.32. The summed E-state index contributed by atoms with van der Waals surface area (Å²) in [7, 11) is 0. The van der Waals surface area contributed by atoms with Crippen molar-refractivity contribution in [1.29, 1.82) is 0 Å². The van der Waals surface area contributed by atoms with Crippen molar-refractivity contribution >= 4 is 17.9 Å². The van der Waals surface area contributed by atoms with Crippen LogP contribution in [0, 0.1) is 0 Å². The molecule has 462 valence electrons. The van der Waals surface area contributed by atoms with Crippen LogP contribution in [0.15, 0.2) is 194 Å². The van der Waals surface area contributed by atoms with Gasteiger partial charge in [-0.05, 0) is 148 Å². The highest BCUT2D eigenvalue weighted by atomic mass is 16.6. The van der Waals surface area contributed by atoms with Gasteiger partial charge in [-0.3, -0.25) is 14.4 Å². The Morgan fingerprint density at radius 2 is 0.470 bits per heavy atom. The summed E-state index contributed by atoms with van der Waals surface area (Å²) in [6.07, 6.45) is 105. The first kappa shape index (κ1) is 77.2. The topological polar surface area (TPSA) is 78.9 Å². The van der Waals surface area contributed by atoms with Gasteiger partial charge in [-0.15, -0.1) is 0 Å². The monoisotopic (exact) mass is 1140 g/mol. The van der Waals surface area contributed by atoms with Gasteiger partial charge < -0.3 is 14.2 Å². The molecule has 0 aromatic carbocycles. The first-order valence-corrected chi connectivity index (χ1v) is 32.9. The van der Waals surface area contributed by atoms with E-state index in [0.717, 1.165) is 186 Å². The van der Waals surface area contributed by atoms with Gasteiger partial charge in [0, 0.05) is 19.3 Å². The summed E-state index contributed by atoms with van der Waals surface area (Å²) in [5, 5.41) is 0. The molecule has 0 rings (SSSR count). The molecule has 0 saturated carbocycles. The van der Waals surface area contributed by atoms with Crippen molar-refractivity contribution in [2.24, 2.45) is 0 Å². The minimum atomic E-state index is -0.812. The molecule has 0 radical (unpaired) electrons. The normalized spacial score (nSPS) is 13.4. The summed E-state index contributed by atoms with van der Waals surface area (Å²) in [6, 6.07) is 0. The number of hydrogen-bond donors (Lipinski definition) is 0. The molecule has 0 aromatic heterocycles. The number of rotatable bonds is 57. The first-order chi connectivity index (χ1) is 41.0. The van der Waals surface area contributed by atoms with E-state index in [1.807, 2.05) is 0 Å². The van der Waals surface area contributed by atoms with Gasteiger partial charge in [0.05, 0.1) is 0 Å². The van der Waals surface area contributed by atoms with Gasteiger partial charge in [0.1, 0.15) is 13.2 Å². The third-order valence-corrected chi connectivity index (χ3v) is 13.1. The molecule has 1 atom stereocenters. The van der Waals surface area contributed by atoms with Crippen LogP contribution in [-0.2, 0) is 28.6 Å². The number of unbranched alkanes of at least 4 members (excludes halogenated alkanes) is 14. The molecule has 0 aromatic rings.